The lowest BCUT2D eigenvalue weighted by molar-refractivity contribution is -0.361. The van der Waals surface area contributed by atoms with Crippen LogP contribution < -0.4 is 5.32 Å². The fourth-order valence-corrected chi connectivity index (χ4v) is 5.44. The number of allylic oxidation sites excluding steroid dienone is 1. The second-order valence-corrected chi connectivity index (χ2v) is 9.11. The van der Waals surface area contributed by atoms with Gasteiger partial charge in [0.1, 0.15) is 11.6 Å². The summed E-state index contributed by atoms with van der Waals surface area (Å²) in [6, 6.07) is 2.57. The van der Waals surface area contributed by atoms with Gasteiger partial charge in [-0.05, 0) is 51.3 Å². The van der Waals surface area contributed by atoms with Crippen LogP contribution in [0.1, 0.15) is 44.2 Å². The van der Waals surface area contributed by atoms with Gasteiger partial charge in [-0.25, -0.2) is 0 Å². The molecule has 0 radical (unpaired) electrons. The Morgan fingerprint density at radius 2 is 2.00 bits per heavy atom. The molecular formula is C21H20F3N3O3. The normalized spacial score (nSPS) is 29.6. The first kappa shape index (κ1) is 19.1. The number of hydrogen-bond acceptors (Lipinski definition) is 3. The van der Waals surface area contributed by atoms with E-state index < -0.39 is 28.7 Å². The molecule has 4 aliphatic rings. The van der Waals surface area contributed by atoms with Gasteiger partial charge in [-0.3, -0.25) is 9.59 Å². The number of hydrogen-bond donors (Lipinski definition) is 1. The Morgan fingerprint density at radius 1 is 1.27 bits per heavy atom. The van der Waals surface area contributed by atoms with Crippen LogP contribution in [0.4, 0.5) is 18.9 Å². The van der Waals surface area contributed by atoms with Crippen molar-refractivity contribution in [3.05, 3.63) is 40.6 Å². The van der Waals surface area contributed by atoms with Gasteiger partial charge in [0.2, 0.25) is 17.3 Å². The van der Waals surface area contributed by atoms with Crippen LogP contribution in [0.5, 0.6) is 0 Å². The van der Waals surface area contributed by atoms with E-state index in [-0.39, 0.29) is 23.9 Å². The van der Waals surface area contributed by atoms with Crippen molar-refractivity contribution < 1.29 is 27.5 Å². The number of amides is 2. The molecule has 30 heavy (non-hydrogen) atoms. The summed E-state index contributed by atoms with van der Waals surface area (Å²) in [6.45, 7) is 4.04. The van der Waals surface area contributed by atoms with Crippen molar-refractivity contribution in [2.24, 2.45) is 5.41 Å². The van der Waals surface area contributed by atoms with Gasteiger partial charge < -0.3 is 15.4 Å². The number of carbonyl (C=O) groups is 2. The van der Waals surface area contributed by atoms with E-state index in [2.05, 4.69) is 5.32 Å². The predicted molar refractivity (Wildman–Crippen MR) is 102 cm³/mol. The Hall–Kier alpha value is -2.84. The van der Waals surface area contributed by atoms with E-state index in [1.807, 2.05) is 0 Å². The highest BCUT2D eigenvalue weighted by Crippen LogP contribution is 2.50. The minimum absolute atomic E-state index is 0.0927. The number of alkyl halides is 3. The Kier molecular flexibility index (Phi) is 3.60. The maximum absolute atomic E-state index is 13.4. The fourth-order valence-electron chi connectivity index (χ4n) is 5.44. The Labute approximate surface area is 170 Å². The summed E-state index contributed by atoms with van der Waals surface area (Å²) < 4.78 is 40.1. The monoisotopic (exact) mass is 419 g/mol. The standard InChI is InChI=1S/C21H20F3N3O3/c1-19(2)10-20(18(29)26-7-3-4-14(26)17(28)25-20)9-13-12-6-5-11(21(22,23)24)8-15(12)27(30)16(13)19/h5-6,8-9,14H,3-4,7,10H2,1-2H3,(H,25,28)/t14-,20+/m0/s1. The topological polar surface area (TPSA) is 75.5 Å². The number of halogens is 3. The summed E-state index contributed by atoms with van der Waals surface area (Å²) in [6.07, 6.45) is -1.48. The Morgan fingerprint density at radius 3 is 2.70 bits per heavy atom. The average Bonchev–Trinajstić information content (AvgIpc) is 3.23. The van der Waals surface area contributed by atoms with E-state index in [4.69, 9.17) is 0 Å². The smallest absolute Gasteiger partial charge is 0.416 e. The molecular weight excluding hydrogens is 399 g/mol. The van der Waals surface area contributed by atoms with Crippen molar-refractivity contribution in [3.8, 4) is 0 Å². The minimum Gasteiger partial charge on any atom is -0.618 e. The van der Waals surface area contributed by atoms with Crippen LogP contribution in [0.3, 0.4) is 0 Å². The summed E-state index contributed by atoms with van der Waals surface area (Å²) in [5.74, 6) is -0.449. The first-order valence-corrected chi connectivity index (χ1v) is 9.87. The second-order valence-electron chi connectivity index (χ2n) is 9.11. The van der Waals surface area contributed by atoms with E-state index in [1.165, 1.54) is 6.07 Å². The maximum Gasteiger partial charge on any atom is 0.416 e. The molecule has 1 aliphatic carbocycles. The number of nitrogens with one attached hydrogen (secondary N) is 1. The average molecular weight is 419 g/mol. The minimum atomic E-state index is -4.57. The lowest BCUT2D eigenvalue weighted by Gasteiger charge is -2.47. The zero-order chi connectivity index (χ0) is 21.6. The first-order chi connectivity index (χ1) is 13.9. The third kappa shape index (κ3) is 2.40. The molecule has 0 saturated carbocycles. The molecule has 1 aromatic carbocycles. The van der Waals surface area contributed by atoms with Gasteiger partial charge in [0, 0.05) is 12.6 Å². The highest BCUT2D eigenvalue weighted by Gasteiger charge is 2.59. The first-order valence-electron chi connectivity index (χ1n) is 9.87. The van der Waals surface area contributed by atoms with E-state index in [9.17, 15) is 28.0 Å². The highest BCUT2D eigenvalue weighted by molar-refractivity contribution is 6.29. The Bertz CT molecular complexity index is 1070. The number of nitrogens with zero attached hydrogens (tertiary/aromatic N) is 2. The highest BCUT2D eigenvalue weighted by atomic mass is 19.4. The number of benzene rings is 1. The molecule has 1 aromatic rings. The molecule has 0 bridgehead atoms. The van der Waals surface area contributed by atoms with E-state index in [0.717, 1.165) is 18.6 Å². The van der Waals surface area contributed by atoms with Gasteiger partial charge in [-0.1, -0.05) is 0 Å². The number of fused-ring (bicyclic) bond motifs is 4. The summed E-state index contributed by atoms with van der Waals surface area (Å²) in [4.78, 5) is 27.7. The van der Waals surface area contributed by atoms with Crippen LogP contribution in [0.25, 0.3) is 5.57 Å². The molecule has 3 aliphatic heterocycles. The zero-order valence-corrected chi connectivity index (χ0v) is 16.5. The maximum atomic E-state index is 13.4. The van der Waals surface area contributed by atoms with Gasteiger partial charge in [0.15, 0.2) is 0 Å². The van der Waals surface area contributed by atoms with Crippen molar-refractivity contribution in [2.45, 2.75) is 50.9 Å². The third-order valence-electron chi connectivity index (χ3n) is 6.59. The van der Waals surface area contributed by atoms with Crippen molar-refractivity contribution in [3.63, 3.8) is 0 Å². The number of rotatable bonds is 0. The molecule has 9 heteroatoms. The van der Waals surface area contributed by atoms with Gasteiger partial charge in [-0.15, -0.1) is 0 Å². The molecule has 0 aromatic heterocycles. The fraction of sp³-hybridized carbons (Fsp3) is 0.476. The second kappa shape index (κ2) is 5.65. The SMILES string of the molecule is CC1(C)C[C@@]2(C=C3C1=[N+]([O-])c1cc(C(F)(F)F)ccc13)NC(=O)[C@@H]1CCCN1C2=O. The van der Waals surface area contributed by atoms with Crippen molar-refractivity contribution in [1.29, 1.82) is 0 Å². The molecule has 5 rings (SSSR count). The lowest BCUT2D eigenvalue weighted by Crippen LogP contribution is -2.70. The van der Waals surface area contributed by atoms with Crippen LogP contribution in [0, 0.1) is 10.6 Å². The molecule has 2 amide bonds. The molecule has 1 spiro atoms. The van der Waals surface area contributed by atoms with E-state index in [0.29, 0.717) is 34.6 Å². The predicted octanol–water partition coefficient (Wildman–Crippen LogP) is 2.97. The zero-order valence-electron chi connectivity index (χ0n) is 16.5. The molecule has 2 atom stereocenters. The van der Waals surface area contributed by atoms with E-state index in [1.54, 1.807) is 24.8 Å². The molecule has 0 unspecified atom stereocenters. The number of carbonyl (C=O) groups excluding carboxylic acids is 2. The van der Waals surface area contributed by atoms with Crippen LogP contribution in [0.2, 0.25) is 0 Å². The Balaban J connectivity index is 1.69. The molecule has 158 valence electrons. The number of piperazine rings is 1. The third-order valence-corrected chi connectivity index (χ3v) is 6.59. The van der Waals surface area contributed by atoms with Gasteiger partial charge in [0.05, 0.1) is 22.1 Å². The molecule has 6 nitrogen and oxygen atoms in total. The largest absolute Gasteiger partial charge is 0.618 e. The van der Waals surface area contributed by atoms with Crippen LogP contribution in [-0.2, 0) is 15.8 Å². The van der Waals surface area contributed by atoms with Gasteiger partial charge in [-0.2, -0.15) is 17.9 Å². The van der Waals surface area contributed by atoms with Gasteiger partial charge >= 0.3 is 6.18 Å². The summed E-state index contributed by atoms with van der Waals surface area (Å²) in [5, 5.41) is 15.9. The van der Waals surface area contributed by atoms with Crippen LogP contribution >= 0.6 is 0 Å². The van der Waals surface area contributed by atoms with Crippen LogP contribution in [-0.4, -0.2) is 45.3 Å². The van der Waals surface area contributed by atoms with E-state index >= 15 is 0 Å². The quantitative estimate of drug-likeness (QED) is 0.519. The molecule has 2 fully saturated rings. The van der Waals surface area contributed by atoms with Crippen LogP contribution in [0.15, 0.2) is 24.3 Å². The van der Waals surface area contributed by atoms with Crippen molar-refractivity contribution in [1.82, 2.24) is 10.2 Å². The molecule has 2 saturated heterocycles. The summed E-state index contributed by atoms with van der Waals surface area (Å²) in [7, 11) is 0. The summed E-state index contributed by atoms with van der Waals surface area (Å²) >= 11 is 0. The molecule has 3 heterocycles. The van der Waals surface area contributed by atoms with Gasteiger partial charge in [0.25, 0.3) is 5.91 Å². The van der Waals surface area contributed by atoms with Crippen molar-refractivity contribution >= 4 is 28.8 Å². The lowest BCUT2D eigenvalue weighted by atomic mass is 9.66. The molecule has 1 N–H and O–H groups in total. The van der Waals surface area contributed by atoms with Crippen molar-refractivity contribution in [2.75, 3.05) is 6.54 Å². The summed E-state index contributed by atoms with van der Waals surface area (Å²) in [5.41, 5.74) is -2.10.